The van der Waals surface area contributed by atoms with Crippen LogP contribution in [0, 0.1) is 0 Å². The summed E-state index contributed by atoms with van der Waals surface area (Å²) in [6.45, 7) is 7.91. The minimum absolute atomic E-state index is 0.177. The molecule has 0 spiro atoms. The van der Waals surface area contributed by atoms with Crippen molar-refractivity contribution in [2.45, 2.75) is 45.6 Å². The zero-order chi connectivity index (χ0) is 23.8. The Morgan fingerprint density at radius 2 is 1.82 bits per heavy atom. The van der Waals surface area contributed by atoms with Crippen molar-refractivity contribution in [3.8, 4) is 11.5 Å². The first kappa shape index (κ1) is 24.3. The fraction of sp³-hybridized carbons (Fsp3) is 0.464. The van der Waals surface area contributed by atoms with Crippen molar-refractivity contribution < 1.29 is 14.3 Å². The SMILES string of the molecule is CCCCc1cc(OCc2c[nH]c3ccccc23)cc(OC(=O)CCCN2CCN(C)CC2)c1. The van der Waals surface area contributed by atoms with Crippen LogP contribution in [0.3, 0.4) is 0 Å². The number of piperazine rings is 1. The lowest BCUT2D eigenvalue weighted by molar-refractivity contribution is -0.134. The molecule has 0 bridgehead atoms. The van der Waals surface area contributed by atoms with Crippen LogP contribution in [0.15, 0.2) is 48.7 Å². The number of esters is 1. The Balaban J connectivity index is 1.35. The van der Waals surface area contributed by atoms with Crippen LogP contribution < -0.4 is 9.47 Å². The Labute approximate surface area is 202 Å². The number of H-pyrrole nitrogens is 1. The average molecular weight is 464 g/mol. The van der Waals surface area contributed by atoms with Crippen molar-refractivity contribution in [1.29, 1.82) is 0 Å². The van der Waals surface area contributed by atoms with E-state index < -0.39 is 0 Å². The maximum atomic E-state index is 12.5. The van der Waals surface area contributed by atoms with Gasteiger partial charge in [0.05, 0.1) is 0 Å². The van der Waals surface area contributed by atoms with Gasteiger partial charge in [-0.25, -0.2) is 0 Å². The molecule has 0 unspecified atom stereocenters. The third kappa shape index (κ3) is 6.84. The molecule has 4 rings (SSSR count). The van der Waals surface area contributed by atoms with Gasteiger partial charge in [0.2, 0.25) is 0 Å². The Morgan fingerprint density at radius 1 is 1.03 bits per heavy atom. The molecule has 6 heteroatoms. The van der Waals surface area contributed by atoms with Crippen molar-refractivity contribution in [3.63, 3.8) is 0 Å². The van der Waals surface area contributed by atoms with Gasteiger partial charge in [0, 0.05) is 61.3 Å². The van der Waals surface area contributed by atoms with Gasteiger partial charge < -0.3 is 24.3 Å². The molecule has 0 radical (unpaired) electrons. The number of hydrogen-bond acceptors (Lipinski definition) is 5. The molecule has 1 aromatic heterocycles. The Kier molecular flexibility index (Phi) is 8.61. The number of fused-ring (bicyclic) bond motifs is 1. The number of likely N-dealkylation sites (N-methyl/N-ethyl adjacent to an activating group) is 1. The number of unbranched alkanes of at least 4 members (excludes halogenated alkanes) is 1. The van der Waals surface area contributed by atoms with Gasteiger partial charge in [-0.3, -0.25) is 4.79 Å². The highest BCUT2D eigenvalue weighted by atomic mass is 16.5. The summed E-state index contributed by atoms with van der Waals surface area (Å²) in [5, 5.41) is 1.16. The second-order valence-corrected chi connectivity index (χ2v) is 9.29. The van der Waals surface area contributed by atoms with E-state index in [-0.39, 0.29) is 5.97 Å². The molecule has 6 nitrogen and oxygen atoms in total. The van der Waals surface area contributed by atoms with E-state index in [1.54, 1.807) is 0 Å². The molecule has 1 aliphatic rings. The number of rotatable bonds is 11. The summed E-state index contributed by atoms with van der Waals surface area (Å²) >= 11 is 0. The summed E-state index contributed by atoms with van der Waals surface area (Å²) < 4.78 is 11.9. The van der Waals surface area contributed by atoms with Crippen molar-refractivity contribution in [2.75, 3.05) is 39.8 Å². The first-order valence-corrected chi connectivity index (χ1v) is 12.5. The molecular weight excluding hydrogens is 426 g/mol. The number of nitrogens with one attached hydrogen (secondary N) is 1. The second kappa shape index (κ2) is 12.0. The summed E-state index contributed by atoms with van der Waals surface area (Å²) in [5.41, 5.74) is 3.35. The number of benzene rings is 2. The van der Waals surface area contributed by atoms with E-state index in [4.69, 9.17) is 9.47 Å². The molecule has 1 N–H and O–H groups in total. The zero-order valence-corrected chi connectivity index (χ0v) is 20.5. The molecule has 2 heterocycles. The molecule has 0 saturated carbocycles. The Morgan fingerprint density at radius 3 is 2.65 bits per heavy atom. The van der Waals surface area contributed by atoms with Gasteiger partial charge in [0.25, 0.3) is 0 Å². The summed E-state index contributed by atoms with van der Waals surface area (Å²) in [6, 6.07) is 14.1. The third-order valence-electron chi connectivity index (χ3n) is 6.51. The van der Waals surface area contributed by atoms with E-state index >= 15 is 0 Å². The molecule has 0 aliphatic carbocycles. The normalized spacial score (nSPS) is 15.0. The largest absolute Gasteiger partial charge is 0.489 e. The average Bonchev–Trinajstić information content (AvgIpc) is 3.26. The maximum Gasteiger partial charge on any atom is 0.311 e. The first-order valence-electron chi connectivity index (χ1n) is 12.5. The molecule has 0 amide bonds. The van der Waals surface area contributed by atoms with Crippen LogP contribution in [0.4, 0.5) is 0 Å². The van der Waals surface area contributed by atoms with Crippen LogP contribution in [-0.2, 0) is 17.8 Å². The Hall–Kier alpha value is -2.83. The maximum absolute atomic E-state index is 12.5. The van der Waals surface area contributed by atoms with Gasteiger partial charge >= 0.3 is 5.97 Å². The molecule has 1 saturated heterocycles. The predicted octanol–water partition coefficient (Wildman–Crippen LogP) is 5.02. The number of carbonyl (C=O) groups is 1. The van der Waals surface area contributed by atoms with Crippen LogP contribution in [0.2, 0.25) is 0 Å². The fourth-order valence-electron chi connectivity index (χ4n) is 4.41. The van der Waals surface area contributed by atoms with E-state index in [0.29, 0.717) is 18.8 Å². The molecule has 1 aliphatic heterocycles. The van der Waals surface area contributed by atoms with E-state index in [9.17, 15) is 4.79 Å². The van der Waals surface area contributed by atoms with E-state index in [1.807, 2.05) is 30.5 Å². The highest BCUT2D eigenvalue weighted by molar-refractivity contribution is 5.82. The van der Waals surface area contributed by atoms with E-state index in [0.717, 1.165) is 86.2 Å². The standard InChI is InChI=1S/C28H37N3O3/c1-3-4-8-22-17-24(33-21-23-20-29-27-10-6-5-9-26(23)27)19-25(18-22)34-28(32)11-7-12-31-15-13-30(2)14-16-31/h5-6,9-10,17-20,29H,3-4,7-8,11-16,21H2,1-2H3. The summed E-state index contributed by atoms with van der Waals surface area (Å²) in [5.74, 6) is 1.13. The monoisotopic (exact) mass is 463 g/mol. The number of para-hydroxylation sites is 1. The third-order valence-corrected chi connectivity index (χ3v) is 6.51. The van der Waals surface area contributed by atoms with Crippen molar-refractivity contribution in [1.82, 2.24) is 14.8 Å². The molecule has 3 aromatic rings. The summed E-state index contributed by atoms with van der Waals surface area (Å²) in [4.78, 5) is 20.6. The first-order chi connectivity index (χ1) is 16.6. The predicted molar refractivity (Wildman–Crippen MR) is 136 cm³/mol. The van der Waals surface area contributed by atoms with Crippen molar-refractivity contribution >= 4 is 16.9 Å². The van der Waals surface area contributed by atoms with Crippen molar-refractivity contribution in [3.05, 3.63) is 59.8 Å². The van der Waals surface area contributed by atoms with Gasteiger partial charge in [-0.1, -0.05) is 31.5 Å². The number of ether oxygens (including phenoxy) is 2. The molecule has 0 atom stereocenters. The summed E-state index contributed by atoms with van der Waals surface area (Å²) in [7, 11) is 2.15. The molecular formula is C28H37N3O3. The minimum atomic E-state index is -0.177. The number of nitrogens with zero attached hydrogens (tertiary/aromatic N) is 2. The van der Waals surface area contributed by atoms with Crippen LogP contribution in [0.1, 0.15) is 43.7 Å². The van der Waals surface area contributed by atoms with Crippen LogP contribution >= 0.6 is 0 Å². The van der Waals surface area contributed by atoms with E-state index in [1.165, 1.54) is 0 Å². The molecule has 2 aromatic carbocycles. The summed E-state index contributed by atoms with van der Waals surface area (Å²) in [6.07, 6.45) is 6.38. The van der Waals surface area contributed by atoms with E-state index in [2.05, 4.69) is 47.0 Å². The molecule has 1 fully saturated rings. The lowest BCUT2D eigenvalue weighted by atomic mass is 10.1. The lowest BCUT2D eigenvalue weighted by Gasteiger charge is -2.32. The zero-order valence-electron chi connectivity index (χ0n) is 20.5. The highest BCUT2D eigenvalue weighted by Crippen LogP contribution is 2.27. The lowest BCUT2D eigenvalue weighted by Crippen LogP contribution is -2.44. The number of aromatic amines is 1. The highest BCUT2D eigenvalue weighted by Gasteiger charge is 2.15. The van der Waals surface area contributed by atoms with Gasteiger partial charge in [-0.2, -0.15) is 0 Å². The van der Waals surface area contributed by atoms with Gasteiger partial charge in [0.1, 0.15) is 18.1 Å². The molecule has 182 valence electrons. The fourth-order valence-corrected chi connectivity index (χ4v) is 4.41. The van der Waals surface area contributed by atoms with Crippen molar-refractivity contribution in [2.24, 2.45) is 0 Å². The van der Waals surface area contributed by atoms with Crippen LogP contribution in [0.5, 0.6) is 11.5 Å². The number of hydrogen-bond donors (Lipinski definition) is 1. The number of aryl methyl sites for hydroxylation is 1. The minimum Gasteiger partial charge on any atom is -0.489 e. The number of aromatic nitrogens is 1. The Bertz CT molecular complexity index is 1070. The number of carbonyl (C=O) groups excluding carboxylic acids is 1. The smallest absolute Gasteiger partial charge is 0.311 e. The van der Waals surface area contributed by atoms with Crippen LogP contribution in [0.25, 0.3) is 10.9 Å². The van der Waals surface area contributed by atoms with Gasteiger partial charge in [-0.15, -0.1) is 0 Å². The topological polar surface area (TPSA) is 57.8 Å². The van der Waals surface area contributed by atoms with Gasteiger partial charge in [0.15, 0.2) is 0 Å². The second-order valence-electron chi connectivity index (χ2n) is 9.29. The quantitative estimate of drug-likeness (QED) is 0.320. The van der Waals surface area contributed by atoms with Crippen LogP contribution in [-0.4, -0.2) is 60.5 Å². The van der Waals surface area contributed by atoms with Gasteiger partial charge in [-0.05, 0) is 56.6 Å². The molecule has 34 heavy (non-hydrogen) atoms.